The highest BCUT2D eigenvalue weighted by molar-refractivity contribution is 6.30. The second-order valence-corrected chi connectivity index (χ2v) is 7.99. The van der Waals surface area contributed by atoms with Crippen molar-refractivity contribution in [1.29, 1.82) is 0 Å². The Balaban J connectivity index is 1.42. The van der Waals surface area contributed by atoms with E-state index in [9.17, 15) is 0 Å². The van der Waals surface area contributed by atoms with Crippen LogP contribution < -0.4 is 4.90 Å². The van der Waals surface area contributed by atoms with Crippen molar-refractivity contribution < 1.29 is 0 Å². The van der Waals surface area contributed by atoms with E-state index in [1.54, 1.807) is 0 Å². The van der Waals surface area contributed by atoms with Gasteiger partial charge in [-0.15, -0.1) is 10.2 Å². The van der Waals surface area contributed by atoms with E-state index in [0.29, 0.717) is 0 Å². The summed E-state index contributed by atoms with van der Waals surface area (Å²) >= 11 is 5.99. The molecule has 0 bridgehead atoms. The van der Waals surface area contributed by atoms with Crippen molar-refractivity contribution in [1.82, 2.24) is 15.1 Å². The normalized spacial score (nSPS) is 19.7. The summed E-state index contributed by atoms with van der Waals surface area (Å²) in [5.41, 5.74) is 3.16. The second-order valence-electron chi connectivity index (χ2n) is 7.56. The molecule has 0 N–H and O–H groups in total. The van der Waals surface area contributed by atoms with Crippen LogP contribution in [-0.2, 0) is 0 Å². The van der Waals surface area contributed by atoms with Gasteiger partial charge in [0.1, 0.15) is 0 Å². The first-order valence-electron chi connectivity index (χ1n) is 9.80. The Bertz CT molecular complexity index is 732. The van der Waals surface area contributed by atoms with Crippen LogP contribution in [0.25, 0.3) is 11.3 Å². The first-order chi connectivity index (χ1) is 12.7. The number of hydrogen-bond acceptors (Lipinski definition) is 4. The van der Waals surface area contributed by atoms with Gasteiger partial charge in [0.15, 0.2) is 5.82 Å². The molecule has 5 heteroatoms. The molecule has 2 heterocycles. The standard InChI is InChI=1S/C21H27ClN4/c1-16-15-20(23-24-21(16)17-7-9-18(22)10-8-17)26-13-11-25(12-14-26)19-5-3-2-4-6-19/h7-10,15,19H,2-6,11-14H2,1H3. The Hall–Kier alpha value is -1.65. The quantitative estimate of drug-likeness (QED) is 0.792. The maximum Gasteiger partial charge on any atom is 0.151 e. The maximum absolute atomic E-state index is 5.99. The summed E-state index contributed by atoms with van der Waals surface area (Å²) in [6.45, 7) is 6.49. The summed E-state index contributed by atoms with van der Waals surface area (Å²) in [4.78, 5) is 5.07. The van der Waals surface area contributed by atoms with Crippen LogP contribution in [0.15, 0.2) is 30.3 Å². The van der Waals surface area contributed by atoms with Crippen LogP contribution in [-0.4, -0.2) is 47.3 Å². The molecule has 1 aliphatic carbocycles. The molecule has 1 aromatic heterocycles. The van der Waals surface area contributed by atoms with Crippen molar-refractivity contribution in [3.05, 3.63) is 40.9 Å². The number of halogens is 1. The van der Waals surface area contributed by atoms with Gasteiger partial charge < -0.3 is 4.90 Å². The Labute approximate surface area is 161 Å². The van der Waals surface area contributed by atoms with E-state index < -0.39 is 0 Å². The van der Waals surface area contributed by atoms with E-state index in [2.05, 4.69) is 33.0 Å². The minimum Gasteiger partial charge on any atom is -0.353 e. The maximum atomic E-state index is 5.99. The molecule has 0 amide bonds. The molecule has 1 saturated heterocycles. The zero-order valence-electron chi connectivity index (χ0n) is 15.5. The molecule has 138 valence electrons. The zero-order chi connectivity index (χ0) is 17.9. The topological polar surface area (TPSA) is 32.3 Å². The predicted octanol–water partition coefficient (Wildman–Crippen LogP) is 4.56. The van der Waals surface area contributed by atoms with Crippen molar-refractivity contribution in [2.45, 2.75) is 45.1 Å². The first kappa shape index (κ1) is 17.7. The van der Waals surface area contributed by atoms with Crippen LogP contribution in [0.1, 0.15) is 37.7 Å². The van der Waals surface area contributed by atoms with Gasteiger partial charge in [-0.1, -0.05) is 43.0 Å². The monoisotopic (exact) mass is 370 g/mol. The van der Waals surface area contributed by atoms with Crippen LogP contribution in [0.5, 0.6) is 0 Å². The summed E-state index contributed by atoms with van der Waals surface area (Å²) in [6.07, 6.45) is 7.00. The average Bonchev–Trinajstić information content (AvgIpc) is 2.70. The summed E-state index contributed by atoms with van der Waals surface area (Å²) in [5, 5.41) is 9.78. The molecule has 0 unspecified atom stereocenters. The molecule has 0 spiro atoms. The number of aryl methyl sites for hydroxylation is 1. The number of rotatable bonds is 3. The Morgan fingerprint density at radius 2 is 1.62 bits per heavy atom. The summed E-state index contributed by atoms with van der Waals surface area (Å²) in [7, 11) is 0. The molecule has 0 radical (unpaired) electrons. The lowest BCUT2D eigenvalue weighted by Gasteiger charge is -2.41. The van der Waals surface area contributed by atoms with Gasteiger partial charge in [-0.2, -0.15) is 0 Å². The molecule has 1 saturated carbocycles. The minimum atomic E-state index is 0.742. The van der Waals surface area contributed by atoms with Gasteiger partial charge >= 0.3 is 0 Å². The van der Waals surface area contributed by atoms with Crippen LogP contribution >= 0.6 is 11.6 Å². The highest BCUT2D eigenvalue weighted by atomic mass is 35.5. The van der Waals surface area contributed by atoms with E-state index in [4.69, 9.17) is 11.6 Å². The molecule has 0 atom stereocenters. The highest BCUT2D eigenvalue weighted by Crippen LogP contribution is 2.27. The van der Waals surface area contributed by atoms with Crippen molar-refractivity contribution in [2.75, 3.05) is 31.1 Å². The predicted molar refractivity (Wildman–Crippen MR) is 108 cm³/mol. The van der Waals surface area contributed by atoms with Crippen molar-refractivity contribution in [2.24, 2.45) is 0 Å². The molecule has 4 rings (SSSR count). The van der Waals surface area contributed by atoms with E-state index in [0.717, 1.165) is 59.9 Å². The molecule has 4 nitrogen and oxygen atoms in total. The second kappa shape index (κ2) is 7.93. The smallest absolute Gasteiger partial charge is 0.151 e. The number of benzene rings is 1. The molecule has 1 aliphatic heterocycles. The lowest BCUT2D eigenvalue weighted by Crippen LogP contribution is -2.51. The number of nitrogens with zero attached hydrogens (tertiary/aromatic N) is 4. The van der Waals surface area contributed by atoms with Crippen LogP contribution in [0.3, 0.4) is 0 Å². The molecule has 1 aromatic carbocycles. The van der Waals surface area contributed by atoms with Crippen LogP contribution in [0, 0.1) is 6.92 Å². The largest absolute Gasteiger partial charge is 0.353 e. The molecular weight excluding hydrogens is 344 g/mol. The van der Waals surface area contributed by atoms with Crippen LogP contribution in [0.2, 0.25) is 5.02 Å². The number of aromatic nitrogens is 2. The number of hydrogen-bond donors (Lipinski definition) is 0. The Morgan fingerprint density at radius 1 is 0.923 bits per heavy atom. The lowest BCUT2D eigenvalue weighted by atomic mass is 9.94. The van der Waals surface area contributed by atoms with E-state index >= 15 is 0 Å². The molecule has 26 heavy (non-hydrogen) atoms. The Morgan fingerprint density at radius 3 is 2.27 bits per heavy atom. The fourth-order valence-electron chi connectivity index (χ4n) is 4.28. The molecule has 2 fully saturated rings. The fraction of sp³-hybridized carbons (Fsp3) is 0.524. The zero-order valence-corrected chi connectivity index (χ0v) is 16.3. The van der Waals surface area contributed by atoms with Gasteiger partial charge in [0.25, 0.3) is 0 Å². The fourth-order valence-corrected chi connectivity index (χ4v) is 4.41. The molecular formula is C21H27ClN4. The SMILES string of the molecule is Cc1cc(N2CCN(C3CCCCC3)CC2)nnc1-c1ccc(Cl)cc1. The van der Waals surface area contributed by atoms with Gasteiger partial charge in [-0.3, -0.25) is 4.90 Å². The highest BCUT2D eigenvalue weighted by Gasteiger charge is 2.25. The third-order valence-corrected chi connectivity index (χ3v) is 6.07. The average molecular weight is 371 g/mol. The van der Waals surface area contributed by atoms with Crippen molar-refractivity contribution in [3.8, 4) is 11.3 Å². The van der Waals surface area contributed by atoms with E-state index in [-0.39, 0.29) is 0 Å². The summed E-state index contributed by atoms with van der Waals surface area (Å²) in [5.74, 6) is 1.00. The Kier molecular flexibility index (Phi) is 5.41. The third kappa shape index (κ3) is 3.86. The molecule has 2 aliphatic rings. The van der Waals surface area contributed by atoms with Crippen molar-refractivity contribution in [3.63, 3.8) is 0 Å². The van der Waals surface area contributed by atoms with E-state index in [1.807, 2.05) is 24.3 Å². The summed E-state index contributed by atoms with van der Waals surface area (Å²) in [6, 6.07) is 10.8. The van der Waals surface area contributed by atoms with Gasteiger partial charge in [-0.05, 0) is 43.5 Å². The summed E-state index contributed by atoms with van der Waals surface area (Å²) < 4.78 is 0. The van der Waals surface area contributed by atoms with Gasteiger partial charge in [0, 0.05) is 42.8 Å². The number of anilines is 1. The molecule has 2 aromatic rings. The van der Waals surface area contributed by atoms with Gasteiger partial charge in [-0.25, -0.2) is 0 Å². The van der Waals surface area contributed by atoms with Crippen LogP contribution in [0.4, 0.5) is 5.82 Å². The third-order valence-electron chi connectivity index (χ3n) is 5.82. The first-order valence-corrected chi connectivity index (χ1v) is 10.2. The van der Waals surface area contributed by atoms with Crippen molar-refractivity contribution >= 4 is 17.4 Å². The van der Waals surface area contributed by atoms with Gasteiger partial charge in [0.2, 0.25) is 0 Å². The number of piperazine rings is 1. The minimum absolute atomic E-state index is 0.742. The lowest BCUT2D eigenvalue weighted by molar-refractivity contribution is 0.147. The van der Waals surface area contributed by atoms with E-state index in [1.165, 1.54) is 32.1 Å². The van der Waals surface area contributed by atoms with Gasteiger partial charge in [0.05, 0.1) is 5.69 Å².